The van der Waals surface area contributed by atoms with E-state index in [1.54, 1.807) is 19.1 Å². The van der Waals surface area contributed by atoms with Crippen molar-refractivity contribution in [3.05, 3.63) is 34.9 Å². The number of amides is 3. The molecule has 1 heterocycles. The van der Waals surface area contributed by atoms with Crippen LogP contribution in [0, 0.1) is 13.8 Å². The number of imide groups is 1. The molecule has 0 radical (unpaired) electrons. The summed E-state index contributed by atoms with van der Waals surface area (Å²) in [4.78, 5) is 24.8. The standard InChI is InChI=1S/C15H17F3N2O3/c1-8-4-5-10(9(2)6-8)14(3)12(22)20(13(23)19-14)7-11(21)15(16,17)18/h4-6,11,21H,7H2,1-3H3,(H,19,23). The number of nitrogens with one attached hydrogen (secondary N) is 1. The van der Waals surface area contributed by atoms with E-state index in [4.69, 9.17) is 5.11 Å². The lowest BCUT2D eigenvalue weighted by atomic mass is 9.87. The third kappa shape index (κ3) is 3.03. The highest BCUT2D eigenvalue weighted by Crippen LogP contribution is 2.32. The molecule has 23 heavy (non-hydrogen) atoms. The average Bonchev–Trinajstić information content (AvgIpc) is 2.61. The third-order valence-electron chi connectivity index (χ3n) is 3.93. The van der Waals surface area contributed by atoms with Gasteiger partial charge in [-0.2, -0.15) is 13.2 Å². The fourth-order valence-electron chi connectivity index (χ4n) is 2.70. The van der Waals surface area contributed by atoms with Gasteiger partial charge in [0.2, 0.25) is 0 Å². The van der Waals surface area contributed by atoms with E-state index in [0.717, 1.165) is 11.1 Å². The van der Waals surface area contributed by atoms with Crippen LogP contribution in [0.25, 0.3) is 0 Å². The Labute approximate surface area is 131 Å². The SMILES string of the molecule is Cc1ccc(C2(C)NC(=O)N(CC(O)C(F)(F)F)C2=O)c(C)c1. The highest BCUT2D eigenvalue weighted by atomic mass is 19.4. The van der Waals surface area contributed by atoms with Crippen molar-refractivity contribution >= 4 is 11.9 Å². The molecule has 0 bridgehead atoms. The lowest BCUT2D eigenvalue weighted by Gasteiger charge is -2.25. The van der Waals surface area contributed by atoms with Gasteiger partial charge in [0.15, 0.2) is 6.10 Å². The van der Waals surface area contributed by atoms with Gasteiger partial charge in [-0.05, 0) is 31.9 Å². The molecule has 0 saturated carbocycles. The van der Waals surface area contributed by atoms with Crippen LogP contribution in [0.1, 0.15) is 23.6 Å². The van der Waals surface area contributed by atoms with E-state index >= 15 is 0 Å². The molecule has 5 nitrogen and oxygen atoms in total. The molecule has 1 aliphatic rings. The minimum Gasteiger partial charge on any atom is -0.382 e. The van der Waals surface area contributed by atoms with E-state index in [9.17, 15) is 22.8 Å². The summed E-state index contributed by atoms with van der Waals surface area (Å²) >= 11 is 0. The number of aliphatic hydroxyl groups is 1. The first-order valence-electron chi connectivity index (χ1n) is 6.93. The molecule has 2 unspecified atom stereocenters. The van der Waals surface area contributed by atoms with Gasteiger partial charge in [-0.25, -0.2) is 4.79 Å². The molecule has 1 aromatic carbocycles. The Bertz CT molecular complexity index is 660. The summed E-state index contributed by atoms with van der Waals surface area (Å²) in [5, 5.41) is 11.5. The highest BCUT2D eigenvalue weighted by Gasteiger charge is 2.52. The molecule has 2 N–H and O–H groups in total. The number of hydrogen-bond acceptors (Lipinski definition) is 3. The number of aryl methyl sites for hydroxylation is 2. The maximum Gasteiger partial charge on any atom is 0.416 e. The zero-order valence-corrected chi connectivity index (χ0v) is 12.9. The van der Waals surface area contributed by atoms with E-state index < -0.39 is 36.3 Å². The molecule has 2 atom stereocenters. The molecule has 1 fully saturated rings. The number of urea groups is 1. The topological polar surface area (TPSA) is 69.6 Å². The zero-order chi connectivity index (χ0) is 17.6. The molecule has 0 aliphatic carbocycles. The Hall–Kier alpha value is -2.09. The number of halogens is 3. The second-order valence-electron chi connectivity index (χ2n) is 5.85. The van der Waals surface area contributed by atoms with Crippen molar-refractivity contribution in [2.45, 2.75) is 38.6 Å². The van der Waals surface area contributed by atoms with Gasteiger partial charge in [-0.3, -0.25) is 9.69 Å². The van der Waals surface area contributed by atoms with Crippen molar-refractivity contribution in [1.29, 1.82) is 0 Å². The number of rotatable bonds is 3. The number of nitrogens with zero attached hydrogens (tertiary/aromatic N) is 1. The number of aliphatic hydroxyl groups excluding tert-OH is 1. The summed E-state index contributed by atoms with van der Waals surface area (Å²) in [5.74, 6) is -0.822. The fourth-order valence-corrected chi connectivity index (χ4v) is 2.70. The van der Waals surface area contributed by atoms with Crippen LogP contribution in [0.15, 0.2) is 18.2 Å². The van der Waals surface area contributed by atoms with Crippen LogP contribution in [0.5, 0.6) is 0 Å². The predicted molar refractivity (Wildman–Crippen MR) is 75.6 cm³/mol. The fraction of sp³-hybridized carbons (Fsp3) is 0.467. The Kier molecular flexibility index (Phi) is 4.14. The maximum absolute atomic E-state index is 12.5. The lowest BCUT2D eigenvalue weighted by molar-refractivity contribution is -0.206. The molecule has 1 aromatic rings. The molecule has 126 valence electrons. The lowest BCUT2D eigenvalue weighted by Crippen LogP contribution is -2.45. The number of β-amino-alcohol motifs (C(OH)–C–C–N with tert-alkyl or cyclic N) is 1. The Morgan fingerprint density at radius 3 is 2.43 bits per heavy atom. The van der Waals surface area contributed by atoms with Crippen molar-refractivity contribution in [2.75, 3.05) is 6.54 Å². The van der Waals surface area contributed by atoms with Crippen LogP contribution < -0.4 is 5.32 Å². The van der Waals surface area contributed by atoms with Gasteiger partial charge in [0.1, 0.15) is 5.54 Å². The summed E-state index contributed by atoms with van der Waals surface area (Å²) in [6.45, 7) is 3.92. The smallest absolute Gasteiger partial charge is 0.382 e. The van der Waals surface area contributed by atoms with Crippen molar-refractivity contribution < 1.29 is 27.9 Å². The normalized spacial score (nSPS) is 23.2. The van der Waals surface area contributed by atoms with Crippen LogP contribution in [0.3, 0.4) is 0 Å². The largest absolute Gasteiger partial charge is 0.416 e. The molecule has 0 spiro atoms. The number of hydrogen-bond donors (Lipinski definition) is 2. The van der Waals surface area contributed by atoms with Crippen molar-refractivity contribution in [3.8, 4) is 0 Å². The Morgan fingerprint density at radius 2 is 1.91 bits per heavy atom. The van der Waals surface area contributed by atoms with Crippen LogP contribution >= 0.6 is 0 Å². The quantitative estimate of drug-likeness (QED) is 0.833. The second-order valence-corrected chi connectivity index (χ2v) is 5.85. The van der Waals surface area contributed by atoms with Crippen LogP contribution in [0.2, 0.25) is 0 Å². The Morgan fingerprint density at radius 1 is 1.30 bits per heavy atom. The van der Waals surface area contributed by atoms with Gasteiger partial charge in [0, 0.05) is 0 Å². The molecule has 0 aromatic heterocycles. The first-order valence-corrected chi connectivity index (χ1v) is 6.93. The third-order valence-corrected chi connectivity index (χ3v) is 3.93. The van der Waals surface area contributed by atoms with Gasteiger partial charge in [0.25, 0.3) is 5.91 Å². The number of benzene rings is 1. The van der Waals surface area contributed by atoms with E-state index in [-0.39, 0.29) is 0 Å². The monoisotopic (exact) mass is 330 g/mol. The highest BCUT2D eigenvalue weighted by molar-refractivity contribution is 6.07. The number of alkyl halides is 3. The summed E-state index contributed by atoms with van der Waals surface area (Å²) in [5.41, 5.74) is 0.737. The van der Waals surface area contributed by atoms with Crippen LogP contribution in [0.4, 0.5) is 18.0 Å². The van der Waals surface area contributed by atoms with E-state index in [0.29, 0.717) is 10.5 Å². The van der Waals surface area contributed by atoms with Crippen LogP contribution in [-0.4, -0.2) is 40.8 Å². The zero-order valence-electron chi connectivity index (χ0n) is 12.9. The molecule has 3 amide bonds. The maximum atomic E-state index is 12.5. The first-order chi connectivity index (χ1) is 10.5. The van der Waals surface area contributed by atoms with Crippen LogP contribution in [-0.2, 0) is 10.3 Å². The molecule has 2 rings (SSSR count). The van der Waals surface area contributed by atoms with E-state index in [2.05, 4.69) is 5.32 Å². The minimum atomic E-state index is -4.90. The predicted octanol–water partition coefficient (Wildman–Crippen LogP) is 1.99. The number of carbonyl (C=O) groups is 2. The van der Waals surface area contributed by atoms with Gasteiger partial charge in [-0.15, -0.1) is 0 Å². The molecule has 8 heteroatoms. The second kappa shape index (κ2) is 5.52. The number of carbonyl (C=O) groups excluding carboxylic acids is 2. The summed E-state index contributed by atoms with van der Waals surface area (Å²) in [6.07, 6.45) is -7.68. The van der Waals surface area contributed by atoms with Gasteiger partial charge in [0.05, 0.1) is 6.54 Å². The molecule has 1 aliphatic heterocycles. The van der Waals surface area contributed by atoms with Crippen molar-refractivity contribution in [3.63, 3.8) is 0 Å². The van der Waals surface area contributed by atoms with E-state index in [1.165, 1.54) is 6.92 Å². The van der Waals surface area contributed by atoms with Crippen molar-refractivity contribution in [2.24, 2.45) is 0 Å². The van der Waals surface area contributed by atoms with Gasteiger partial charge >= 0.3 is 12.2 Å². The molecular weight excluding hydrogens is 313 g/mol. The van der Waals surface area contributed by atoms with Gasteiger partial charge in [-0.1, -0.05) is 23.8 Å². The Balaban J connectivity index is 2.33. The summed E-state index contributed by atoms with van der Waals surface area (Å²) in [7, 11) is 0. The summed E-state index contributed by atoms with van der Waals surface area (Å²) in [6, 6.07) is 4.26. The molecular formula is C15H17F3N2O3. The average molecular weight is 330 g/mol. The first kappa shape index (κ1) is 17.3. The van der Waals surface area contributed by atoms with Gasteiger partial charge < -0.3 is 10.4 Å². The minimum absolute atomic E-state index is 0.400. The molecule has 1 saturated heterocycles. The summed E-state index contributed by atoms with van der Waals surface area (Å²) < 4.78 is 37.4. The van der Waals surface area contributed by atoms with E-state index in [1.807, 2.05) is 13.0 Å². The van der Waals surface area contributed by atoms with Crippen molar-refractivity contribution in [1.82, 2.24) is 10.2 Å².